The molecule has 3 aromatic rings. The fourth-order valence-corrected chi connectivity index (χ4v) is 3.29. The van der Waals surface area contributed by atoms with Gasteiger partial charge in [0.05, 0.1) is 26.6 Å². The summed E-state index contributed by atoms with van der Waals surface area (Å²) in [5.74, 6) is 0.679. The summed E-state index contributed by atoms with van der Waals surface area (Å²) in [4.78, 5) is 26.8. The highest BCUT2D eigenvalue weighted by Crippen LogP contribution is 2.32. The van der Waals surface area contributed by atoms with E-state index in [9.17, 15) is 14.9 Å². The number of nitrogens with one attached hydrogen (secondary N) is 1. The topological polar surface area (TPSA) is 103 Å². The molecule has 3 aromatic carbocycles. The lowest BCUT2D eigenvalue weighted by Crippen LogP contribution is -2.18. The van der Waals surface area contributed by atoms with E-state index >= 15 is 0 Å². The fourth-order valence-electron chi connectivity index (χ4n) is 2.70. The number of nitrogens with zero attached hydrogens (tertiary/aromatic N) is 2. The van der Waals surface area contributed by atoms with Crippen molar-refractivity contribution in [3.8, 4) is 11.5 Å². The van der Waals surface area contributed by atoms with Crippen molar-refractivity contribution in [3.05, 3.63) is 91.4 Å². The number of halogens is 3. The molecule has 0 atom stereocenters. The summed E-state index contributed by atoms with van der Waals surface area (Å²) in [5.41, 5.74) is 0.677. The molecule has 176 valence electrons. The van der Waals surface area contributed by atoms with Crippen LogP contribution in [0.5, 0.6) is 11.5 Å². The summed E-state index contributed by atoms with van der Waals surface area (Å²) < 4.78 is 11.3. The number of urea groups is 1. The van der Waals surface area contributed by atoms with E-state index in [0.717, 1.165) is 0 Å². The number of non-ortho nitro benzene ring substituents is 1. The first-order valence-electron chi connectivity index (χ1n) is 9.86. The number of amides is 2. The van der Waals surface area contributed by atoms with Crippen molar-refractivity contribution in [2.45, 2.75) is 20.0 Å². The largest absolute Gasteiger partial charge is 0.474 e. The van der Waals surface area contributed by atoms with Crippen molar-refractivity contribution < 1.29 is 19.2 Å². The third-order valence-electron chi connectivity index (χ3n) is 4.17. The van der Waals surface area contributed by atoms with Crippen LogP contribution < -0.4 is 10.1 Å². The molecule has 0 radical (unpaired) electrons. The Morgan fingerprint density at radius 2 is 1.71 bits per heavy atom. The number of ether oxygens (including phenoxy) is 2. The molecule has 0 aromatic heterocycles. The summed E-state index contributed by atoms with van der Waals surface area (Å²) in [7, 11) is 0. The number of nitro groups is 1. The van der Waals surface area contributed by atoms with Crippen LogP contribution in [0.25, 0.3) is 0 Å². The maximum Gasteiger partial charge on any atom is 0.348 e. The molecule has 0 aliphatic carbocycles. The van der Waals surface area contributed by atoms with Gasteiger partial charge in [0, 0.05) is 22.8 Å². The van der Waals surface area contributed by atoms with Crippen LogP contribution in [0.15, 0.2) is 65.7 Å². The summed E-state index contributed by atoms with van der Waals surface area (Å²) >= 11 is 18.6. The van der Waals surface area contributed by atoms with Crippen molar-refractivity contribution in [2.24, 2.45) is 4.99 Å². The number of benzene rings is 3. The Morgan fingerprint density at radius 3 is 2.32 bits per heavy atom. The highest BCUT2D eigenvalue weighted by Gasteiger charge is 2.15. The van der Waals surface area contributed by atoms with Crippen LogP contribution in [0.2, 0.25) is 15.1 Å². The van der Waals surface area contributed by atoms with Gasteiger partial charge < -0.3 is 14.8 Å². The molecular formula is C23H18Cl3N3O5. The van der Waals surface area contributed by atoms with Crippen LogP contribution in [0.3, 0.4) is 0 Å². The number of anilines is 1. The zero-order valence-electron chi connectivity index (χ0n) is 17.9. The fraction of sp³-hybridized carbons (Fsp3) is 0.130. The summed E-state index contributed by atoms with van der Waals surface area (Å²) in [6.45, 7) is 3.57. The summed E-state index contributed by atoms with van der Waals surface area (Å²) in [6.07, 6.45) is -0.271. The van der Waals surface area contributed by atoms with E-state index in [1.807, 2.05) is 0 Å². The van der Waals surface area contributed by atoms with Gasteiger partial charge in [-0.25, -0.2) is 4.79 Å². The van der Waals surface area contributed by atoms with Crippen LogP contribution >= 0.6 is 34.8 Å². The lowest BCUT2D eigenvalue weighted by Gasteiger charge is -2.14. The molecule has 8 nitrogen and oxygen atoms in total. The van der Waals surface area contributed by atoms with E-state index in [2.05, 4.69) is 10.3 Å². The number of carbonyl (C=O) groups is 1. The van der Waals surface area contributed by atoms with Crippen molar-refractivity contribution >= 4 is 58.1 Å². The highest BCUT2D eigenvalue weighted by molar-refractivity contribution is 6.36. The van der Waals surface area contributed by atoms with Gasteiger partial charge in [-0.2, -0.15) is 4.99 Å². The van der Waals surface area contributed by atoms with Crippen molar-refractivity contribution in [1.82, 2.24) is 0 Å². The van der Waals surface area contributed by atoms with Crippen LogP contribution in [0, 0.1) is 10.1 Å². The zero-order chi connectivity index (χ0) is 24.8. The highest BCUT2D eigenvalue weighted by atomic mass is 35.5. The van der Waals surface area contributed by atoms with Crippen molar-refractivity contribution in [1.29, 1.82) is 0 Å². The Labute approximate surface area is 210 Å². The van der Waals surface area contributed by atoms with Crippen molar-refractivity contribution in [3.63, 3.8) is 0 Å². The molecule has 0 spiro atoms. The van der Waals surface area contributed by atoms with Crippen molar-refractivity contribution in [2.75, 3.05) is 5.32 Å². The van der Waals surface area contributed by atoms with E-state index in [1.54, 1.807) is 44.2 Å². The Hall–Kier alpha value is -3.33. The second-order valence-electron chi connectivity index (χ2n) is 7.14. The van der Waals surface area contributed by atoms with E-state index in [0.29, 0.717) is 32.8 Å². The molecule has 0 heterocycles. The second-order valence-corrected chi connectivity index (χ2v) is 8.39. The molecule has 3 rings (SSSR count). The Kier molecular flexibility index (Phi) is 8.33. The zero-order valence-corrected chi connectivity index (χ0v) is 20.2. The average Bonchev–Trinajstić information content (AvgIpc) is 2.77. The molecule has 0 aliphatic rings. The van der Waals surface area contributed by atoms with E-state index < -0.39 is 11.0 Å². The molecule has 0 saturated carbocycles. The molecule has 0 aliphatic heterocycles. The lowest BCUT2D eigenvalue weighted by molar-refractivity contribution is -0.384. The third-order valence-corrected chi connectivity index (χ3v) is 5.03. The number of carbonyl (C=O) groups excluding carboxylic acids is 1. The molecule has 0 saturated heterocycles. The molecule has 34 heavy (non-hydrogen) atoms. The van der Waals surface area contributed by atoms with E-state index in [4.69, 9.17) is 44.3 Å². The number of aliphatic imine (C=N–C) groups is 1. The molecule has 0 fully saturated rings. The molecule has 0 bridgehead atoms. The predicted octanol–water partition coefficient (Wildman–Crippen LogP) is 7.75. The van der Waals surface area contributed by atoms with Gasteiger partial charge >= 0.3 is 6.03 Å². The smallest absolute Gasteiger partial charge is 0.348 e. The van der Waals surface area contributed by atoms with Crippen LogP contribution in [0.4, 0.5) is 16.2 Å². The monoisotopic (exact) mass is 521 g/mol. The Balaban J connectivity index is 1.76. The van der Waals surface area contributed by atoms with E-state index in [-0.39, 0.29) is 22.7 Å². The van der Waals surface area contributed by atoms with E-state index in [1.165, 1.54) is 30.3 Å². The third kappa shape index (κ3) is 6.84. The first-order valence-corrected chi connectivity index (χ1v) is 11.0. The van der Waals surface area contributed by atoms with Crippen LogP contribution in [-0.2, 0) is 4.74 Å². The SMILES string of the molecule is CC(C)O/C(=N\C(=O)Nc1ccc(Oc2ccc([N+](=O)[O-])cc2)c(Cl)c1)c1cc(Cl)ccc1Cl. The first-order chi connectivity index (χ1) is 16.1. The van der Waals surface area contributed by atoms with Gasteiger partial charge in [-0.3, -0.25) is 10.1 Å². The lowest BCUT2D eigenvalue weighted by atomic mass is 10.2. The molecule has 0 unspecified atom stereocenters. The van der Waals surface area contributed by atoms with Gasteiger partial charge in [0.25, 0.3) is 5.69 Å². The van der Waals surface area contributed by atoms with Gasteiger partial charge in [-0.05, 0) is 62.4 Å². The maximum atomic E-state index is 12.6. The first kappa shape index (κ1) is 25.3. The molecule has 11 heteroatoms. The molecule has 2 amide bonds. The summed E-state index contributed by atoms with van der Waals surface area (Å²) in [6, 6.07) is 14.2. The maximum absolute atomic E-state index is 12.6. The predicted molar refractivity (Wildman–Crippen MR) is 133 cm³/mol. The Bertz CT molecular complexity index is 1250. The number of hydrogen-bond acceptors (Lipinski definition) is 5. The minimum atomic E-state index is -0.716. The van der Waals surface area contributed by atoms with Gasteiger partial charge in [0.1, 0.15) is 11.5 Å². The molecule has 1 N–H and O–H groups in total. The Morgan fingerprint density at radius 1 is 1.00 bits per heavy atom. The molecular weight excluding hydrogens is 505 g/mol. The minimum Gasteiger partial charge on any atom is -0.474 e. The van der Waals surface area contributed by atoms with Crippen LogP contribution in [-0.4, -0.2) is 23.0 Å². The van der Waals surface area contributed by atoms with Gasteiger partial charge in [-0.15, -0.1) is 0 Å². The standard InChI is InChI=1S/C23H18Cl3N3O5/c1-13(2)33-22(18-11-14(24)3-9-19(18)25)28-23(30)27-15-4-10-21(20(26)12-15)34-17-7-5-16(6-8-17)29(31)32/h3-13H,1-2H3,(H,27,30)/b28-22-. The number of nitro benzene ring substituents is 1. The van der Waals surface area contributed by atoms with Gasteiger partial charge in [-0.1, -0.05) is 34.8 Å². The average molecular weight is 523 g/mol. The van der Waals surface area contributed by atoms with Crippen LogP contribution in [0.1, 0.15) is 19.4 Å². The normalized spacial score (nSPS) is 11.3. The number of hydrogen-bond donors (Lipinski definition) is 1. The van der Waals surface area contributed by atoms with Gasteiger partial charge in [0.15, 0.2) is 0 Å². The quantitative estimate of drug-likeness (QED) is 0.154. The summed E-state index contributed by atoms with van der Waals surface area (Å²) in [5, 5.41) is 14.3. The van der Waals surface area contributed by atoms with Gasteiger partial charge in [0.2, 0.25) is 5.90 Å². The minimum absolute atomic E-state index is 0.0178. The number of rotatable bonds is 6. The second kappa shape index (κ2) is 11.2.